The fraction of sp³-hybridized carbons (Fsp3) is 0.533. The summed E-state index contributed by atoms with van der Waals surface area (Å²) in [6, 6.07) is 6.18. The normalized spacial score (nSPS) is 23.7. The molecule has 1 aromatic rings. The molecule has 1 aromatic carbocycles. The van der Waals surface area contributed by atoms with Crippen molar-refractivity contribution in [2.24, 2.45) is 5.92 Å². The molecule has 0 radical (unpaired) electrons. The molecule has 1 N–H and O–H groups in total. The summed E-state index contributed by atoms with van der Waals surface area (Å²) in [4.78, 5) is 12.2. The topological polar surface area (TPSA) is 29.1 Å². The van der Waals surface area contributed by atoms with E-state index in [4.69, 9.17) is 0 Å². The lowest BCUT2D eigenvalue weighted by atomic mass is 9.86. The van der Waals surface area contributed by atoms with Crippen LogP contribution in [0.2, 0.25) is 0 Å². The second kappa shape index (κ2) is 5.87. The summed E-state index contributed by atoms with van der Waals surface area (Å²) < 4.78 is 0.962. The van der Waals surface area contributed by atoms with Crippen molar-refractivity contribution in [3.05, 3.63) is 33.8 Å². The Morgan fingerprint density at radius 1 is 1.28 bits per heavy atom. The molecule has 0 aliphatic heterocycles. The van der Waals surface area contributed by atoms with Gasteiger partial charge in [0.15, 0.2) is 0 Å². The number of carbonyl (C=O) groups excluding carboxylic acids is 1. The molecule has 0 spiro atoms. The van der Waals surface area contributed by atoms with Crippen LogP contribution in [-0.4, -0.2) is 11.9 Å². The Labute approximate surface area is 117 Å². The zero-order valence-electron chi connectivity index (χ0n) is 11.0. The highest BCUT2D eigenvalue weighted by atomic mass is 79.9. The maximum absolute atomic E-state index is 12.2. The van der Waals surface area contributed by atoms with Gasteiger partial charge in [0.2, 0.25) is 0 Å². The van der Waals surface area contributed by atoms with Crippen LogP contribution in [0.5, 0.6) is 0 Å². The van der Waals surface area contributed by atoms with Gasteiger partial charge < -0.3 is 5.32 Å². The third-order valence-electron chi connectivity index (χ3n) is 3.73. The SMILES string of the molecule is Cc1cc(Br)cc(C(=O)NC2CCCCC2C)c1. The minimum atomic E-state index is 0.0538. The molecular weight excluding hydrogens is 290 g/mol. The van der Waals surface area contributed by atoms with Crippen molar-refractivity contribution in [3.8, 4) is 0 Å². The van der Waals surface area contributed by atoms with Crippen LogP contribution in [0.1, 0.15) is 48.5 Å². The molecule has 3 heteroatoms. The standard InChI is InChI=1S/C15H20BrNO/c1-10-7-12(9-13(16)8-10)15(18)17-14-6-4-3-5-11(14)2/h7-9,11,14H,3-6H2,1-2H3,(H,17,18). The highest BCUT2D eigenvalue weighted by Crippen LogP contribution is 2.24. The average Bonchev–Trinajstić information content (AvgIpc) is 2.31. The molecule has 2 atom stereocenters. The third-order valence-corrected chi connectivity index (χ3v) is 4.19. The fourth-order valence-corrected chi connectivity index (χ4v) is 3.26. The quantitative estimate of drug-likeness (QED) is 0.876. The molecule has 1 aliphatic carbocycles. The highest BCUT2D eigenvalue weighted by molar-refractivity contribution is 9.10. The lowest BCUT2D eigenvalue weighted by Crippen LogP contribution is -2.41. The molecule has 0 saturated heterocycles. The van der Waals surface area contributed by atoms with E-state index in [1.165, 1.54) is 19.3 Å². The molecule has 2 nitrogen and oxygen atoms in total. The molecule has 0 bridgehead atoms. The lowest BCUT2D eigenvalue weighted by molar-refractivity contribution is 0.0910. The van der Waals surface area contributed by atoms with Crippen LogP contribution >= 0.6 is 15.9 Å². The maximum atomic E-state index is 12.2. The number of benzene rings is 1. The van der Waals surface area contributed by atoms with Gasteiger partial charge in [0, 0.05) is 16.1 Å². The average molecular weight is 310 g/mol. The Balaban J connectivity index is 2.06. The monoisotopic (exact) mass is 309 g/mol. The van der Waals surface area contributed by atoms with Gasteiger partial charge in [0.05, 0.1) is 0 Å². The van der Waals surface area contributed by atoms with Gasteiger partial charge in [-0.25, -0.2) is 0 Å². The summed E-state index contributed by atoms with van der Waals surface area (Å²) in [6.45, 7) is 4.24. The number of hydrogen-bond donors (Lipinski definition) is 1. The van der Waals surface area contributed by atoms with Crippen LogP contribution in [-0.2, 0) is 0 Å². The van der Waals surface area contributed by atoms with E-state index in [2.05, 4.69) is 28.2 Å². The van der Waals surface area contributed by atoms with E-state index < -0.39 is 0 Å². The van der Waals surface area contributed by atoms with Crippen molar-refractivity contribution in [3.63, 3.8) is 0 Å². The van der Waals surface area contributed by atoms with Crippen molar-refractivity contribution in [1.82, 2.24) is 5.32 Å². The van der Waals surface area contributed by atoms with Crippen LogP contribution < -0.4 is 5.32 Å². The van der Waals surface area contributed by atoms with E-state index in [9.17, 15) is 4.79 Å². The predicted molar refractivity (Wildman–Crippen MR) is 77.8 cm³/mol. The number of halogens is 1. The number of nitrogens with one attached hydrogen (secondary N) is 1. The molecular formula is C15H20BrNO. The number of aryl methyl sites for hydroxylation is 1. The fourth-order valence-electron chi connectivity index (χ4n) is 2.65. The molecule has 98 valence electrons. The van der Waals surface area contributed by atoms with E-state index in [-0.39, 0.29) is 5.91 Å². The van der Waals surface area contributed by atoms with Crippen LogP contribution in [0, 0.1) is 12.8 Å². The van der Waals surface area contributed by atoms with Crippen molar-refractivity contribution >= 4 is 21.8 Å². The largest absolute Gasteiger partial charge is 0.349 e. The zero-order valence-corrected chi connectivity index (χ0v) is 12.6. The Morgan fingerprint density at radius 3 is 2.67 bits per heavy atom. The molecule has 1 amide bonds. The first-order valence-electron chi connectivity index (χ1n) is 6.64. The molecule has 1 fully saturated rings. The summed E-state index contributed by atoms with van der Waals surface area (Å²) in [5, 5.41) is 3.18. The van der Waals surface area contributed by atoms with Gasteiger partial charge in [-0.1, -0.05) is 35.7 Å². The van der Waals surface area contributed by atoms with Crippen LogP contribution in [0.15, 0.2) is 22.7 Å². The predicted octanol–water partition coefficient (Wildman–Crippen LogP) is 4.07. The van der Waals surface area contributed by atoms with Gasteiger partial charge >= 0.3 is 0 Å². The van der Waals surface area contributed by atoms with Crippen molar-refractivity contribution in [1.29, 1.82) is 0 Å². The van der Waals surface area contributed by atoms with Gasteiger partial charge in [0.25, 0.3) is 5.91 Å². The third kappa shape index (κ3) is 3.35. The molecule has 1 aliphatic rings. The van der Waals surface area contributed by atoms with Gasteiger partial charge in [0.1, 0.15) is 0 Å². The molecule has 1 saturated carbocycles. The van der Waals surface area contributed by atoms with Crippen molar-refractivity contribution in [2.45, 2.75) is 45.6 Å². The van der Waals surface area contributed by atoms with E-state index >= 15 is 0 Å². The van der Waals surface area contributed by atoms with E-state index in [1.54, 1.807) is 0 Å². The van der Waals surface area contributed by atoms with E-state index in [0.29, 0.717) is 12.0 Å². The number of carbonyl (C=O) groups is 1. The summed E-state index contributed by atoms with van der Waals surface area (Å²) in [5.41, 5.74) is 1.85. The first-order chi connectivity index (χ1) is 8.56. The molecule has 2 unspecified atom stereocenters. The first kappa shape index (κ1) is 13.6. The first-order valence-corrected chi connectivity index (χ1v) is 7.43. The molecule has 2 rings (SSSR count). The van der Waals surface area contributed by atoms with E-state index in [0.717, 1.165) is 22.0 Å². The number of rotatable bonds is 2. The lowest BCUT2D eigenvalue weighted by Gasteiger charge is -2.29. The van der Waals surface area contributed by atoms with Gasteiger partial charge in [-0.3, -0.25) is 4.79 Å². The number of amides is 1. The molecule has 18 heavy (non-hydrogen) atoms. The zero-order chi connectivity index (χ0) is 13.1. The summed E-state index contributed by atoms with van der Waals surface area (Å²) in [6.07, 6.45) is 4.86. The second-order valence-corrected chi connectivity index (χ2v) is 6.27. The number of hydrogen-bond acceptors (Lipinski definition) is 1. The van der Waals surface area contributed by atoms with E-state index in [1.807, 2.05) is 25.1 Å². The van der Waals surface area contributed by atoms with Crippen LogP contribution in [0.4, 0.5) is 0 Å². The summed E-state index contributed by atoms with van der Waals surface area (Å²) in [5.74, 6) is 0.647. The highest BCUT2D eigenvalue weighted by Gasteiger charge is 2.23. The Bertz CT molecular complexity index is 424. The van der Waals surface area contributed by atoms with Crippen LogP contribution in [0.25, 0.3) is 0 Å². The Morgan fingerprint density at radius 2 is 2.00 bits per heavy atom. The second-order valence-electron chi connectivity index (χ2n) is 5.36. The van der Waals surface area contributed by atoms with Crippen molar-refractivity contribution < 1.29 is 4.79 Å². The summed E-state index contributed by atoms with van der Waals surface area (Å²) in [7, 11) is 0. The van der Waals surface area contributed by atoms with Crippen molar-refractivity contribution in [2.75, 3.05) is 0 Å². The van der Waals surface area contributed by atoms with Gasteiger partial charge in [-0.15, -0.1) is 0 Å². The maximum Gasteiger partial charge on any atom is 0.251 e. The minimum absolute atomic E-state index is 0.0538. The van der Waals surface area contributed by atoms with Gasteiger partial charge in [-0.05, 0) is 49.4 Å². The molecule has 0 aromatic heterocycles. The smallest absolute Gasteiger partial charge is 0.251 e. The Kier molecular flexibility index (Phi) is 4.44. The summed E-state index contributed by atoms with van der Waals surface area (Å²) >= 11 is 3.44. The Hall–Kier alpha value is -0.830. The van der Waals surface area contributed by atoms with Gasteiger partial charge in [-0.2, -0.15) is 0 Å². The van der Waals surface area contributed by atoms with Crippen LogP contribution in [0.3, 0.4) is 0 Å². The minimum Gasteiger partial charge on any atom is -0.349 e. The molecule has 0 heterocycles.